The van der Waals surface area contributed by atoms with E-state index in [0.29, 0.717) is 22.3 Å². The first kappa shape index (κ1) is 13.1. The minimum absolute atomic E-state index is 0.0143. The molecule has 2 heterocycles. The van der Waals surface area contributed by atoms with E-state index in [1.807, 2.05) is 4.90 Å². The molecule has 1 fully saturated rings. The largest absolute Gasteiger partial charge is 0.338 e. The molecule has 0 aromatic carbocycles. The van der Waals surface area contributed by atoms with Gasteiger partial charge in [-0.2, -0.15) is 0 Å². The summed E-state index contributed by atoms with van der Waals surface area (Å²) in [6, 6.07) is 1.60. The smallest absolute Gasteiger partial charge is 0.255 e. The minimum Gasteiger partial charge on any atom is -0.338 e. The Kier molecular flexibility index (Phi) is 4.04. The number of carbonyl (C=O) groups excluding carboxylic acids is 1. The summed E-state index contributed by atoms with van der Waals surface area (Å²) in [7, 11) is 0. The summed E-state index contributed by atoms with van der Waals surface area (Å²) in [6.07, 6.45) is 3.73. The molecule has 0 aliphatic carbocycles. The van der Waals surface area contributed by atoms with Gasteiger partial charge in [-0.05, 0) is 24.8 Å². The molecular weight excluding hydrogens is 252 g/mol. The van der Waals surface area contributed by atoms with Crippen LogP contribution in [-0.2, 0) is 0 Å². The zero-order valence-electron chi connectivity index (χ0n) is 10.3. The second kappa shape index (κ2) is 5.54. The molecule has 0 bridgehead atoms. The van der Waals surface area contributed by atoms with Crippen molar-refractivity contribution in [2.24, 2.45) is 11.8 Å². The number of hydrazine groups is 1. The van der Waals surface area contributed by atoms with Crippen LogP contribution in [-0.4, -0.2) is 28.9 Å². The van der Waals surface area contributed by atoms with Gasteiger partial charge in [0.1, 0.15) is 0 Å². The molecule has 98 valence electrons. The second-order valence-electron chi connectivity index (χ2n) is 4.70. The van der Waals surface area contributed by atoms with Crippen LogP contribution < -0.4 is 11.3 Å². The number of rotatable bonds is 2. The van der Waals surface area contributed by atoms with Crippen LogP contribution in [0.5, 0.6) is 0 Å². The van der Waals surface area contributed by atoms with Crippen molar-refractivity contribution >= 4 is 23.3 Å². The number of piperidine rings is 1. The first-order valence-electron chi connectivity index (χ1n) is 6.03. The first-order valence-corrected chi connectivity index (χ1v) is 6.41. The maximum Gasteiger partial charge on any atom is 0.255 e. The van der Waals surface area contributed by atoms with Crippen molar-refractivity contribution in [3.05, 3.63) is 22.8 Å². The van der Waals surface area contributed by atoms with E-state index in [1.165, 1.54) is 12.6 Å². The summed E-state index contributed by atoms with van der Waals surface area (Å²) in [5.74, 6) is 6.16. The Labute approximate surface area is 111 Å². The van der Waals surface area contributed by atoms with E-state index in [9.17, 15) is 4.79 Å². The highest BCUT2D eigenvalue weighted by Crippen LogP contribution is 2.22. The average Bonchev–Trinajstić information content (AvgIpc) is 2.37. The Morgan fingerprint density at radius 1 is 1.67 bits per heavy atom. The number of carbonyl (C=O) groups is 1. The van der Waals surface area contributed by atoms with Gasteiger partial charge in [0.2, 0.25) is 0 Å². The topological polar surface area (TPSA) is 71.2 Å². The summed E-state index contributed by atoms with van der Waals surface area (Å²) in [5, 5.41) is 0.355. The van der Waals surface area contributed by atoms with E-state index in [0.717, 1.165) is 19.5 Å². The number of nitrogens with zero attached hydrogens (tertiary/aromatic N) is 2. The zero-order chi connectivity index (χ0) is 13.1. The Balaban J connectivity index is 2.15. The molecule has 1 amide bonds. The van der Waals surface area contributed by atoms with Crippen molar-refractivity contribution in [2.75, 3.05) is 18.5 Å². The van der Waals surface area contributed by atoms with Gasteiger partial charge in [-0.15, -0.1) is 0 Å². The second-order valence-corrected chi connectivity index (χ2v) is 5.10. The number of hydrogen-bond acceptors (Lipinski definition) is 4. The molecule has 5 nitrogen and oxygen atoms in total. The monoisotopic (exact) mass is 268 g/mol. The summed E-state index contributed by atoms with van der Waals surface area (Å²) >= 11 is 5.97. The third-order valence-electron chi connectivity index (χ3n) is 3.17. The van der Waals surface area contributed by atoms with Gasteiger partial charge in [0.15, 0.2) is 5.82 Å². The van der Waals surface area contributed by atoms with Gasteiger partial charge in [-0.25, -0.2) is 10.8 Å². The van der Waals surface area contributed by atoms with Crippen molar-refractivity contribution in [1.29, 1.82) is 0 Å². The van der Waals surface area contributed by atoms with Crippen LogP contribution in [0.2, 0.25) is 5.02 Å². The molecular formula is C12H17ClN4O. The Morgan fingerprint density at radius 2 is 2.44 bits per heavy atom. The molecule has 1 aliphatic heterocycles. The fraction of sp³-hybridized carbons (Fsp3) is 0.500. The van der Waals surface area contributed by atoms with E-state index in [1.54, 1.807) is 6.07 Å². The number of aromatic nitrogens is 1. The van der Waals surface area contributed by atoms with Crippen LogP contribution >= 0.6 is 11.6 Å². The van der Waals surface area contributed by atoms with Crippen molar-refractivity contribution in [3.8, 4) is 0 Å². The molecule has 0 spiro atoms. The number of pyridine rings is 1. The molecule has 1 aromatic heterocycles. The number of nitrogen functional groups attached to an aromatic ring is 1. The Morgan fingerprint density at radius 3 is 3.06 bits per heavy atom. The van der Waals surface area contributed by atoms with Gasteiger partial charge >= 0.3 is 0 Å². The van der Waals surface area contributed by atoms with E-state index in [4.69, 9.17) is 17.4 Å². The fourth-order valence-electron chi connectivity index (χ4n) is 2.22. The van der Waals surface area contributed by atoms with E-state index < -0.39 is 0 Å². The molecule has 1 atom stereocenters. The lowest BCUT2D eigenvalue weighted by molar-refractivity contribution is 0.0682. The highest BCUT2D eigenvalue weighted by Gasteiger charge is 2.22. The Bertz CT molecular complexity index is 452. The highest BCUT2D eigenvalue weighted by atomic mass is 35.5. The van der Waals surface area contributed by atoms with Gasteiger partial charge in [-0.1, -0.05) is 18.5 Å². The third kappa shape index (κ3) is 2.73. The normalized spacial score (nSPS) is 19.7. The van der Waals surface area contributed by atoms with Gasteiger partial charge in [0.05, 0.1) is 10.6 Å². The Hall–Kier alpha value is -1.33. The zero-order valence-corrected chi connectivity index (χ0v) is 11.1. The summed E-state index contributed by atoms with van der Waals surface area (Å²) in [4.78, 5) is 18.1. The van der Waals surface area contributed by atoms with Crippen molar-refractivity contribution in [2.45, 2.75) is 19.8 Å². The molecule has 18 heavy (non-hydrogen) atoms. The van der Waals surface area contributed by atoms with Crippen molar-refractivity contribution < 1.29 is 4.79 Å². The van der Waals surface area contributed by atoms with Crippen molar-refractivity contribution in [3.63, 3.8) is 0 Å². The fourth-order valence-corrected chi connectivity index (χ4v) is 2.44. The van der Waals surface area contributed by atoms with Gasteiger partial charge < -0.3 is 10.3 Å². The third-order valence-corrected chi connectivity index (χ3v) is 3.46. The number of nitrogens with two attached hydrogens (primary N) is 1. The number of hydrogen-bond donors (Lipinski definition) is 2. The van der Waals surface area contributed by atoms with Crippen LogP contribution in [0.15, 0.2) is 12.3 Å². The average molecular weight is 269 g/mol. The minimum atomic E-state index is -0.0143. The number of halogens is 1. The molecule has 0 radical (unpaired) electrons. The van der Waals surface area contributed by atoms with E-state index in [2.05, 4.69) is 17.3 Å². The lowest BCUT2D eigenvalue weighted by Crippen LogP contribution is -2.39. The van der Waals surface area contributed by atoms with Crippen LogP contribution in [0.25, 0.3) is 0 Å². The lowest BCUT2D eigenvalue weighted by atomic mass is 10.00. The maximum atomic E-state index is 12.3. The molecule has 3 N–H and O–H groups in total. The molecule has 0 saturated carbocycles. The lowest BCUT2D eigenvalue weighted by Gasteiger charge is -2.31. The van der Waals surface area contributed by atoms with Crippen LogP contribution in [0.3, 0.4) is 0 Å². The molecule has 6 heteroatoms. The van der Waals surface area contributed by atoms with Crippen LogP contribution in [0.4, 0.5) is 5.82 Å². The molecule has 1 aromatic rings. The molecule has 1 saturated heterocycles. The number of nitrogens with one attached hydrogen (secondary N) is 1. The van der Waals surface area contributed by atoms with Crippen molar-refractivity contribution in [1.82, 2.24) is 9.88 Å². The summed E-state index contributed by atoms with van der Waals surface area (Å²) in [6.45, 7) is 3.76. The van der Waals surface area contributed by atoms with E-state index >= 15 is 0 Å². The number of anilines is 1. The standard InChI is InChI=1S/C12H17ClN4O/c1-8-3-2-4-17(7-8)12(18)9-5-10(13)11(16-14)15-6-9/h5-6,8H,2-4,7,14H2,1H3,(H,15,16). The SMILES string of the molecule is CC1CCCN(C(=O)c2cnc(NN)c(Cl)c2)C1. The van der Waals surface area contributed by atoms with Gasteiger partial charge in [0.25, 0.3) is 5.91 Å². The quantitative estimate of drug-likeness (QED) is 0.635. The van der Waals surface area contributed by atoms with Gasteiger partial charge in [-0.3, -0.25) is 4.79 Å². The number of likely N-dealkylation sites (tertiary alicyclic amines) is 1. The maximum absolute atomic E-state index is 12.3. The molecule has 2 rings (SSSR count). The van der Waals surface area contributed by atoms with Gasteiger partial charge in [0, 0.05) is 19.3 Å². The molecule has 1 aliphatic rings. The number of amides is 1. The predicted molar refractivity (Wildman–Crippen MR) is 71.4 cm³/mol. The van der Waals surface area contributed by atoms with Crippen LogP contribution in [0.1, 0.15) is 30.1 Å². The predicted octanol–water partition coefficient (Wildman–Crippen LogP) is 1.89. The summed E-state index contributed by atoms with van der Waals surface area (Å²) < 4.78 is 0. The van der Waals surface area contributed by atoms with Crippen LogP contribution in [0, 0.1) is 5.92 Å². The highest BCUT2D eigenvalue weighted by molar-refractivity contribution is 6.33. The summed E-state index contributed by atoms with van der Waals surface area (Å²) in [5.41, 5.74) is 2.89. The molecule has 1 unspecified atom stereocenters. The van der Waals surface area contributed by atoms with E-state index in [-0.39, 0.29) is 5.91 Å². The first-order chi connectivity index (χ1) is 8.61.